The van der Waals surface area contributed by atoms with Crippen molar-refractivity contribution >= 4 is 33.2 Å². The molecule has 3 aromatic carbocycles. The van der Waals surface area contributed by atoms with Crippen molar-refractivity contribution in [2.24, 2.45) is 0 Å². The topological polar surface area (TPSA) is 123 Å². The number of carbonyl (C=O) groups is 2. The van der Waals surface area contributed by atoms with Crippen LogP contribution in [0.5, 0.6) is 11.5 Å². The van der Waals surface area contributed by atoms with E-state index in [9.17, 15) is 18.0 Å². The molecule has 3 rings (SSSR count). The van der Waals surface area contributed by atoms with Gasteiger partial charge in [-0.2, -0.15) is 0 Å². The van der Waals surface area contributed by atoms with E-state index in [-0.39, 0.29) is 22.7 Å². The van der Waals surface area contributed by atoms with Crippen LogP contribution in [0, 0.1) is 6.92 Å². The lowest BCUT2D eigenvalue weighted by Crippen LogP contribution is -2.33. The molecule has 0 spiro atoms. The number of ether oxygens (including phenoxy) is 2. The highest BCUT2D eigenvalue weighted by molar-refractivity contribution is 7.92. The zero-order chi connectivity index (χ0) is 25.4. The van der Waals surface area contributed by atoms with Crippen molar-refractivity contribution in [1.29, 1.82) is 0 Å². The van der Waals surface area contributed by atoms with Crippen LogP contribution in [0.4, 0.5) is 11.4 Å². The number of nitrogens with one attached hydrogen (secondary N) is 3. The first-order valence-corrected chi connectivity index (χ1v) is 12.3. The zero-order valence-corrected chi connectivity index (χ0v) is 20.4. The normalized spacial score (nSPS) is 10.8. The molecule has 184 valence electrons. The average Bonchev–Trinajstić information content (AvgIpc) is 2.84. The van der Waals surface area contributed by atoms with E-state index in [1.54, 1.807) is 55.5 Å². The molecule has 2 amide bonds. The van der Waals surface area contributed by atoms with Crippen molar-refractivity contribution in [3.05, 3.63) is 77.9 Å². The molecule has 9 nitrogen and oxygen atoms in total. The molecule has 0 saturated heterocycles. The van der Waals surface area contributed by atoms with Crippen LogP contribution in [-0.2, 0) is 14.8 Å². The van der Waals surface area contributed by atoms with Gasteiger partial charge in [-0.05, 0) is 67.9 Å². The van der Waals surface area contributed by atoms with Gasteiger partial charge in [0.15, 0.2) is 0 Å². The van der Waals surface area contributed by atoms with Gasteiger partial charge in [0.1, 0.15) is 11.5 Å². The highest BCUT2D eigenvalue weighted by Crippen LogP contribution is 2.27. The van der Waals surface area contributed by atoms with Gasteiger partial charge in [-0.15, -0.1) is 0 Å². The zero-order valence-electron chi connectivity index (χ0n) is 19.6. The third kappa shape index (κ3) is 6.73. The van der Waals surface area contributed by atoms with Crippen LogP contribution < -0.4 is 24.8 Å². The van der Waals surface area contributed by atoms with E-state index in [0.717, 1.165) is 0 Å². The molecule has 0 aromatic heterocycles. The second-order valence-corrected chi connectivity index (χ2v) is 9.13. The number of aryl methyl sites for hydroxylation is 1. The summed E-state index contributed by atoms with van der Waals surface area (Å²) < 4.78 is 39.1. The molecule has 0 unspecified atom stereocenters. The van der Waals surface area contributed by atoms with Crippen LogP contribution in [0.3, 0.4) is 0 Å². The first kappa shape index (κ1) is 25.6. The van der Waals surface area contributed by atoms with Crippen LogP contribution in [0.2, 0.25) is 0 Å². The van der Waals surface area contributed by atoms with E-state index in [1.165, 1.54) is 25.3 Å². The number of rotatable bonds is 10. The molecule has 35 heavy (non-hydrogen) atoms. The van der Waals surface area contributed by atoms with Gasteiger partial charge in [-0.1, -0.05) is 18.2 Å². The van der Waals surface area contributed by atoms with Crippen molar-refractivity contribution in [2.75, 3.05) is 30.3 Å². The summed E-state index contributed by atoms with van der Waals surface area (Å²) in [6, 6.07) is 17.7. The van der Waals surface area contributed by atoms with Crippen molar-refractivity contribution in [3.8, 4) is 11.5 Å². The van der Waals surface area contributed by atoms with Crippen molar-refractivity contribution in [2.45, 2.75) is 18.7 Å². The van der Waals surface area contributed by atoms with Gasteiger partial charge < -0.3 is 20.1 Å². The Morgan fingerprint density at radius 3 is 2.37 bits per heavy atom. The molecular weight excluding hydrogens is 470 g/mol. The summed E-state index contributed by atoms with van der Waals surface area (Å²) in [5, 5.41) is 5.18. The van der Waals surface area contributed by atoms with E-state index < -0.39 is 21.8 Å². The lowest BCUT2D eigenvalue weighted by molar-refractivity contribution is -0.115. The second kappa shape index (κ2) is 11.4. The number of amides is 2. The average molecular weight is 498 g/mol. The molecule has 0 fully saturated rings. The standard InChI is InChI=1S/C25H27N3O6S/c1-4-34-20-13-11-19(12-14-20)27-24(29)16-26-25(30)18-10-9-17(2)23(15-18)35(31,32)28-21-7-5-6-8-22(21)33-3/h5-15,28H,4,16H2,1-3H3,(H,26,30)(H,27,29). The molecule has 0 saturated carbocycles. The summed E-state index contributed by atoms with van der Waals surface area (Å²) in [7, 11) is -2.57. The molecule has 0 aliphatic heterocycles. The predicted molar refractivity (Wildman–Crippen MR) is 134 cm³/mol. The number of sulfonamides is 1. The number of hydrogen-bond acceptors (Lipinski definition) is 6. The minimum Gasteiger partial charge on any atom is -0.495 e. The Balaban J connectivity index is 1.67. The largest absolute Gasteiger partial charge is 0.495 e. The Morgan fingerprint density at radius 2 is 1.69 bits per heavy atom. The SMILES string of the molecule is CCOc1ccc(NC(=O)CNC(=O)c2ccc(C)c(S(=O)(=O)Nc3ccccc3OC)c2)cc1. The van der Waals surface area contributed by atoms with E-state index in [1.807, 2.05) is 6.92 Å². The maximum Gasteiger partial charge on any atom is 0.262 e. The Bertz CT molecular complexity index is 1310. The maximum absolute atomic E-state index is 13.0. The molecular formula is C25H27N3O6S. The highest BCUT2D eigenvalue weighted by atomic mass is 32.2. The van der Waals surface area contributed by atoms with Gasteiger partial charge in [0.2, 0.25) is 5.91 Å². The van der Waals surface area contributed by atoms with Crippen molar-refractivity contribution in [3.63, 3.8) is 0 Å². The second-order valence-electron chi connectivity index (χ2n) is 7.47. The van der Waals surface area contributed by atoms with Crippen LogP contribution >= 0.6 is 0 Å². The molecule has 10 heteroatoms. The molecule has 0 atom stereocenters. The number of carbonyl (C=O) groups excluding carboxylic acids is 2. The van der Waals surface area contributed by atoms with Crippen molar-refractivity contribution < 1.29 is 27.5 Å². The monoisotopic (exact) mass is 497 g/mol. The number of benzene rings is 3. The minimum atomic E-state index is -4.01. The number of hydrogen-bond donors (Lipinski definition) is 3. The fourth-order valence-corrected chi connectivity index (χ4v) is 4.57. The predicted octanol–water partition coefficient (Wildman–Crippen LogP) is 3.57. The van der Waals surface area contributed by atoms with E-state index in [4.69, 9.17) is 9.47 Å². The van der Waals surface area contributed by atoms with Crippen LogP contribution in [-0.4, -0.2) is 40.5 Å². The summed E-state index contributed by atoms with van der Waals surface area (Å²) >= 11 is 0. The summed E-state index contributed by atoms with van der Waals surface area (Å²) in [6.07, 6.45) is 0. The first-order valence-electron chi connectivity index (χ1n) is 10.8. The molecule has 3 aromatic rings. The number of anilines is 2. The summed E-state index contributed by atoms with van der Waals surface area (Å²) in [6.45, 7) is 3.75. The summed E-state index contributed by atoms with van der Waals surface area (Å²) in [5.74, 6) is 0.0335. The van der Waals surface area contributed by atoms with Gasteiger partial charge in [0.25, 0.3) is 15.9 Å². The molecule has 0 heterocycles. The Hall–Kier alpha value is -4.05. The van der Waals surface area contributed by atoms with Gasteiger partial charge in [-0.25, -0.2) is 8.42 Å². The fraction of sp³-hybridized carbons (Fsp3) is 0.200. The quantitative estimate of drug-likeness (QED) is 0.394. The summed E-state index contributed by atoms with van der Waals surface area (Å²) in [4.78, 5) is 24.8. The molecule has 0 aliphatic carbocycles. The Kier molecular flexibility index (Phi) is 8.32. The number of para-hydroxylation sites is 2. The summed E-state index contributed by atoms with van der Waals surface area (Å²) in [5.41, 5.74) is 1.39. The molecule has 0 bridgehead atoms. The smallest absolute Gasteiger partial charge is 0.262 e. The molecule has 0 aliphatic rings. The Labute approximate surface area is 204 Å². The van der Waals surface area contributed by atoms with E-state index >= 15 is 0 Å². The van der Waals surface area contributed by atoms with E-state index in [0.29, 0.717) is 29.4 Å². The Morgan fingerprint density at radius 1 is 0.971 bits per heavy atom. The third-order valence-corrected chi connectivity index (χ3v) is 6.46. The maximum atomic E-state index is 13.0. The lowest BCUT2D eigenvalue weighted by atomic mass is 10.1. The minimum absolute atomic E-state index is 0.0603. The fourth-order valence-electron chi connectivity index (χ4n) is 3.23. The van der Waals surface area contributed by atoms with Gasteiger partial charge in [-0.3, -0.25) is 14.3 Å². The van der Waals surface area contributed by atoms with Gasteiger partial charge in [0, 0.05) is 11.3 Å². The number of methoxy groups -OCH3 is 1. The van der Waals surface area contributed by atoms with Crippen LogP contribution in [0.1, 0.15) is 22.8 Å². The highest BCUT2D eigenvalue weighted by Gasteiger charge is 2.21. The van der Waals surface area contributed by atoms with Crippen molar-refractivity contribution in [1.82, 2.24) is 5.32 Å². The lowest BCUT2D eigenvalue weighted by Gasteiger charge is -2.14. The molecule has 3 N–H and O–H groups in total. The van der Waals surface area contributed by atoms with E-state index in [2.05, 4.69) is 15.4 Å². The van der Waals surface area contributed by atoms with Crippen LogP contribution in [0.25, 0.3) is 0 Å². The van der Waals surface area contributed by atoms with Gasteiger partial charge >= 0.3 is 0 Å². The third-order valence-electron chi connectivity index (χ3n) is 4.95. The first-order chi connectivity index (χ1) is 16.7. The van der Waals surface area contributed by atoms with Crippen LogP contribution in [0.15, 0.2) is 71.6 Å². The molecule has 0 radical (unpaired) electrons. The van der Waals surface area contributed by atoms with Gasteiger partial charge in [0.05, 0.1) is 30.8 Å².